The van der Waals surface area contributed by atoms with Gasteiger partial charge in [-0.3, -0.25) is 29.4 Å². The molecule has 1 heterocycles. The van der Waals surface area contributed by atoms with Crippen molar-refractivity contribution in [3.63, 3.8) is 0 Å². The van der Waals surface area contributed by atoms with Crippen LogP contribution in [0, 0.1) is 11.8 Å². The largest absolute Gasteiger partial charge is 0.456 e. The SMILES string of the molecule is CC[C@@H](C)NC(=O)NC(=O)COC(=O)CCN1C(=O)[C@H]2CC=CC[C@@H]2C1=O. The molecule has 0 unspecified atom stereocenters. The molecule has 0 aromatic rings. The molecule has 5 amide bonds. The van der Waals surface area contributed by atoms with Crippen molar-refractivity contribution in [3.8, 4) is 0 Å². The van der Waals surface area contributed by atoms with Gasteiger partial charge >= 0.3 is 12.0 Å². The lowest BCUT2D eigenvalue weighted by Gasteiger charge is -2.14. The Hall–Kier alpha value is -2.71. The molecule has 1 aliphatic heterocycles. The van der Waals surface area contributed by atoms with Crippen LogP contribution in [0.3, 0.4) is 0 Å². The van der Waals surface area contributed by atoms with Crippen molar-refractivity contribution >= 4 is 29.7 Å². The average Bonchev–Trinajstić information content (AvgIpc) is 2.89. The first-order valence-electron chi connectivity index (χ1n) is 9.09. The number of carbonyl (C=O) groups is 5. The zero-order valence-electron chi connectivity index (χ0n) is 15.5. The normalized spacial score (nSPS) is 22.2. The van der Waals surface area contributed by atoms with Crippen LogP contribution in [0.1, 0.15) is 39.5 Å². The molecule has 2 rings (SSSR count). The summed E-state index contributed by atoms with van der Waals surface area (Å²) in [5.41, 5.74) is 0. The van der Waals surface area contributed by atoms with Crippen LogP contribution >= 0.6 is 0 Å². The zero-order chi connectivity index (χ0) is 20.0. The topological polar surface area (TPSA) is 122 Å². The number of likely N-dealkylation sites (tertiary alicyclic amines) is 1. The first-order valence-corrected chi connectivity index (χ1v) is 9.09. The molecular weight excluding hydrogens is 354 g/mol. The molecule has 0 spiro atoms. The Morgan fingerprint density at radius 2 is 1.78 bits per heavy atom. The van der Waals surface area contributed by atoms with Crippen LogP contribution < -0.4 is 10.6 Å². The maximum atomic E-state index is 12.3. The van der Waals surface area contributed by atoms with Gasteiger partial charge in [0.15, 0.2) is 6.61 Å². The Morgan fingerprint density at radius 1 is 1.19 bits per heavy atom. The first kappa shape index (κ1) is 20.6. The molecule has 148 valence electrons. The standard InChI is InChI=1S/C18H25N3O6/c1-3-11(2)19-18(26)20-14(22)10-27-15(23)8-9-21-16(24)12-6-4-5-7-13(12)17(21)25/h4-5,11-13H,3,6-10H2,1-2H3,(H2,19,20,22,26)/t11-,12+,13+/m1/s1. The summed E-state index contributed by atoms with van der Waals surface area (Å²) < 4.78 is 4.79. The summed E-state index contributed by atoms with van der Waals surface area (Å²) in [5.74, 6) is -2.68. The highest BCUT2D eigenvalue weighted by Crippen LogP contribution is 2.34. The lowest BCUT2D eigenvalue weighted by Crippen LogP contribution is -2.44. The third-order valence-electron chi connectivity index (χ3n) is 4.75. The number of nitrogens with one attached hydrogen (secondary N) is 2. The summed E-state index contributed by atoms with van der Waals surface area (Å²) in [6.07, 6.45) is 5.36. The molecule has 27 heavy (non-hydrogen) atoms. The molecule has 1 saturated heterocycles. The lowest BCUT2D eigenvalue weighted by atomic mass is 9.85. The minimum atomic E-state index is -0.755. The van der Waals surface area contributed by atoms with Crippen LogP contribution in [0.4, 0.5) is 4.79 Å². The van der Waals surface area contributed by atoms with E-state index < -0.39 is 24.5 Å². The highest BCUT2D eigenvalue weighted by atomic mass is 16.5. The van der Waals surface area contributed by atoms with Gasteiger partial charge in [0, 0.05) is 12.6 Å². The smallest absolute Gasteiger partial charge is 0.321 e. The third-order valence-corrected chi connectivity index (χ3v) is 4.75. The maximum Gasteiger partial charge on any atom is 0.321 e. The van der Waals surface area contributed by atoms with Gasteiger partial charge in [-0.25, -0.2) is 4.79 Å². The zero-order valence-corrected chi connectivity index (χ0v) is 15.5. The van der Waals surface area contributed by atoms with Crippen LogP contribution in [0.15, 0.2) is 12.2 Å². The van der Waals surface area contributed by atoms with E-state index in [-0.39, 0.29) is 42.7 Å². The predicted molar refractivity (Wildman–Crippen MR) is 94.1 cm³/mol. The molecule has 0 saturated carbocycles. The van der Waals surface area contributed by atoms with Crippen LogP contribution in [-0.2, 0) is 23.9 Å². The summed E-state index contributed by atoms with van der Waals surface area (Å²) >= 11 is 0. The second kappa shape index (κ2) is 9.29. The predicted octanol–water partition coefficient (Wildman–Crippen LogP) is 0.495. The molecule has 1 aliphatic carbocycles. The van der Waals surface area contributed by atoms with E-state index in [1.165, 1.54) is 0 Å². The lowest BCUT2D eigenvalue weighted by molar-refractivity contribution is -0.149. The number of hydrogen-bond acceptors (Lipinski definition) is 6. The Bertz CT molecular complexity index is 633. The quantitative estimate of drug-likeness (QED) is 0.377. The molecule has 1 fully saturated rings. The first-order chi connectivity index (χ1) is 12.8. The molecule has 3 atom stereocenters. The molecule has 0 radical (unpaired) electrons. The number of imide groups is 2. The van der Waals surface area contributed by atoms with Gasteiger partial charge in [0.05, 0.1) is 18.3 Å². The van der Waals surface area contributed by atoms with Gasteiger partial charge in [-0.2, -0.15) is 0 Å². The minimum Gasteiger partial charge on any atom is -0.456 e. The minimum absolute atomic E-state index is 0.0698. The van der Waals surface area contributed by atoms with E-state index in [1.54, 1.807) is 6.92 Å². The number of amides is 5. The van der Waals surface area contributed by atoms with Crippen LogP contribution in [0.5, 0.6) is 0 Å². The Labute approximate surface area is 157 Å². The summed E-state index contributed by atoms with van der Waals surface area (Å²) in [6, 6.07) is -0.746. The number of urea groups is 1. The molecule has 2 aliphatic rings. The van der Waals surface area contributed by atoms with Crippen molar-refractivity contribution in [2.75, 3.05) is 13.2 Å². The van der Waals surface area contributed by atoms with Crippen molar-refractivity contribution in [3.05, 3.63) is 12.2 Å². The number of nitrogens with zero attached hydrogens (tertiary/aromatic N) is 1. The number of ether oxygens (including phenoxy) is 1. The van der Waals surface area contributed by atoms with Crippen molar-refractivity contribution in [2.45, 2.75) is 45.6 Å². The van der Waals surface area contributed by atoms with Crippen molar-refractivity contribution in [1.82, 2.24) is 15.5 Å². The van der Waals surface area contributed by atoms with E-state index in [1.807, 2.05) is 19.1 Å². The van der Waals surface area contributed by atoms with E-state index in [0.717, 1.165) is 4.90 Å². The summed E-state index contributed by atoms with van der Waals surface area (Å²) in [5, 5.41) is 4.60. The molecule has 0 aromatic heterocycles. The van der Waals surface area contributed by atoms with Gasteiger partial charge in [-0.05, 0) is 26.2 Å². The second-order valence-corrected chi connectivity index (χ2v) is 6.73. The van der Waals surface area contributed by atoms with Gasteiger partial charge in [-0.15, -0.1) is 0 Å². The van der Waals surface area contributed by atoms with Gasteiger partial charge in [0.1, 0.15) is 0 Å². The molecule has 0 aromatic carbocycles. The van der Waals surface area contributed by atoms with Gasteiger partial charge in [0.2, 0.25) is 11.8 Å². The van der Waals surface area contributed by atoms with E-state index in [4.69, 9.17) is 4.74 Å². The van der Waals surface area contributed by atoms with Crippen molar-refractivity contribution in [2.24, 2.45) is 11.8 Å². The van der Waals surface area contributed by atoms with Gasteiger partial charge < -0.3 is 10.1 Å². The van der Waals surface area contributed by atoms with Crippen LogP contribution in [0.2, 0.25) is 0 Å². The summed E-state index contributed by atoms with van der Waals surface area (Å²) in [4.78, 5) is 60.5. The number of carbonyl (C=O) groups excluding carboxylic acids is 5. The van der Waals surface area contributed by atoms with Crippen molar-refractivity contribution < 1.29 is 28.7 Å². The fraction of sp³-hybridized carbons (Fsp3) is 0.611. The summed E-state index contributed by atoms with van der Waals surface area (Å²) in [6.45, 7) is 3.00. The van der Waals surface area contributed by atoms with Gasteiger partial charge in [0.25, 0.3) is 5.91 Å². The molecular formula is C18H25N3O6. The van der Waals surface area contributed by atoms with E-state index in [9.17, 15) is 24.0 Å². The van der Waals surface area contributed by atoms with Gasteiger partial charge in [-0.1, -0.05) is 19.1 Å². The van der Waals surface area contributed by atoms with E-state index in [2.05, 4.69) is 10.6 Å². The Balaban J connectivity index is 1.70. The monoisotopic (exact) mass is 379 g/mol. The number of esters is 1. The molecule has 9 nitrogen and oxygen atoms in total. The maximum absolute atomic E-state index is 12.3. The number of allylic oxidation sites excluding steroid dienone is 2. The second-order valence-electron chi connectivity index (χ2n) is 6.73. The van der Waals surface area contributed by atoms with E-state index in [0.29, 0.717) is 19.3 Å². The fourth-order valence-electron chi connectivity index (χ4n) is 3.04. The molecule has 0 bridgehead atoms. The number of hydrogen-bond donors (Lipinski definition) is 2. The van der Waals surface area contributed by atoms with Crippen molar-refractivity contribution in [1.29, 1.82) is 0 Å². The summed E-state index contributed by atoms with van der Waals surface area (Å²) in [7, 11) is 0. The Morgan fingerprint density at radius 3 is 2.33 bits per heavy atom. The highest BCUT2D eigenvalue weighted by Gasteiger charge is 2.46. The number of fused-ring (bicyclic) bond motifs is 1. The molecule has 9 heteroatoms. The average molecular weight is 379 g/mol. The van der Waals surface area contributed by atoms with E-state index >= 15 is 0 Å². The fourth-order valence-corrected chi connectivity index (χ4v) is 3.04. The highest BCUT2D eigenvalue weighted by molar-refractivity contribution is 6.05. The van der Waals surface area contributed by atoms with Crippen LogP contribution in [0.25, 0.3) is 0 Å². The number of rotatable bonds is 7. The Kier molecular flexibility index (Phi) is 7.09. The third kappa shape index (κ3) is 5.38. The molecule has 2 N–H and O–H groups in total. The van der Waals surface area contributed by atoms with Crippen LogP contribution in [-0.4, -0.2) is 53.8 Å².